The van der Waals surface area contributed by atoms with E-state index < -0.39 is 0 Å². The lowest BCUT2D eigenvalue weighted by molar-refractivity contribution is 0.0198. The van der Waals surface area contributed by atoms with Crippen molar-refractivity contribution in [2.45, 2.75) is 44.8 Å². The summed E-state index contributed by atoms with van der Waals surface area (Å²) >= 11 is 0. The Morgan fingerprint density at radius 2 is 2.11 bits per heavy atom. The lowest BCUT2D eigenvalue weighted by Crippen LogP contribution is -2.40. The van der Waals surface area contributed by atoms with Crippen molar-refractivity contribution in [1.82, 2.24) is 0 Å². The molecule has 1 heterocycles. The summed E-state index contributed by atoms with van der Waals surface area (Å²) in [6, 6.07) is 10.3. The average molecular weight is 263 g/mol. The number of rotatable bonds is 6. The summed E-state index contributed by atoms with van der Waals surface area (Å²) in [7, 11) is 0. The van der Waals surface area contributed by atoms with Gasteiger partial charge in [0.1, 0.15) is 0 Å². The van der Waals surface area contributed by atoms with Crippen LogP contribution in [0.5, 0.6) is 0 Å². The van der Waals surface area contributed by atoms with Gasteiger partial charge in [-0.15, -0.1) is 0 Å². The topological polar surface area (TPSA) is 32.7 Å². The van der Waals surface area contributed by atoms with Crippen molar-refractivity contribution in [2.24, 2.45) is 0 Å². The molecule has 2 atom stereocenters. The quantitative estimate of drug-likeness (QED) is 0.856. The van der Waals surface area contributed by atoms with Crippen LogP contribution in [0.25, 0.3) is 0 Å². The predicted molar refractivity (Wildman–Crippen MR) is 78.5 cm³/mol. The summed E-state index contributed by atoms with van der Waals surface area (Å²) in [4.78, 5) is 2.25. The van der Waals surface area contributed by atoms with Crippen molar-refractivity contribution in [2.75, 3.05) is 24.6 Å². The van der Waals surface area contributed by atoms with E-state index in [9.17, 15) is 5.11 Å². The van der Waals surface area contributed by atoms with E-state index in [-0.39, 0.29) is 6.10 Å². The molecule has 106 valence electrons. The first-order chi connectivity index (χ1) is 9.29. The predicted octanol–water partition coefficient (Wildman–Crippen LogP) is 2.83. The van der Waals surface area contributed by atoms with E-state index in [0.717, 1.165) is 26.0 Å². The molecule has 19 heavy (non-hydrogen) atoms. The second kappa shape index (κ2) is 7.51. The lowest BCUT2D eigenvalue weighted by atomic mass is 10.1. The molecular formula is C16H25NO2. The van der Waals surface area contributed by atoms with Crippen LogP contribution in [-0.2, 0) is 4.74 Å². The van der Waals surface area contributed by atoms with Crippen LogP contribution >= 0.6 is 0 Å². The second-order valence-corrected chi connectivity index (χ2v) is 5.29. The zero-order chi connectivity index (χ0) is 13.5. The highest BCUT2D eigenvalue weighted by atomic mass is 16.5. The number of ether oxygens (including phenoxy) is 1. The molecule has 0 bridgehead atoms. The third-order valence-corrected chi connectivity index (χ3v) is 3.72. The van der Waals surface area contributed by atoms with E-state index in [2.05, 4.69) is 17.0 Å². The van der Waals surface area contributed by atoms with Crippen LogP contribution in [0.15, 0.2) is 30.3 Å². The van der Waals surface area contributed by atoms with E-state index >= 15 is 0 Å². The van der Waals surface area contributed by atoms with Gasteiger partial charge in [-0.05, 0) is 37.8 Å². The smallest absolute Gasteiger partial charge is 0.0749 e. The summed E-state index contributed by atoms with van der Waals surface area (Å²) in [6.45, 7) is 4.45. The van der Waals surface area contributed by atoms with Gasteiger partial charge in [-0.1, -0.05) is 25.1 Å². The van der Waals surface area contributed by atoms with Gasteiger partial charge in [0.25, 0.3) is 0 Å². The second-order valence-electron chi connectivity index (χ2n) is 5.29. The number of nitrogens with zero attached hydrogens (tertiary/aromatic N) is 1. The van der Waals surface area contributed by atoms with Crippen molar-refractivity contribution in [3.05, 3.63) is 30.3 Å². The van der Waals surface area contributed by atoms with Crippen LogP contribution in [-0.4, -0.2) is 37.0 Å². The third-order valence-electron chi connectivity index (χ3n) is 3.72. The highest BCUT2D eigenvalue weighted by Crippen LogP contribution is 2.19. The minimum atomic E-state index is -0.274. The number of para-hydroxylation sites is 1. The van der Waals surface area contributed by atoms with E-state index in [1.54, 1.807) is 0 Å². The number of anilines is 1. The molecular weight excluding hydrogens is 238 g/mol. The first kappa shape index (κ1) is 14.4. The van der Waals surface area contributed by atoms with Crippen molar-refractivity contribution < 1.29 is 9.84 Å². The number of aliphatic hydroxyl groups is 1. The molecule has 0 aliphatic carbocycles. The Kier molecular flexibility index (Phi) is 5.67. The van der Waals surface area contributed by atoms with Gasteiger partial charge in [0.2, 0.25) is 0 Å². The Bertz CT molecular complexity index is 349. The fourth-order valence-corrected chi connectivity index (χ4v) is 2.50. The third kappa shape index (κ3) is 4.51. The van der Waals surface area contributed by atoms with Crippen LogP contribution in [0.2, 0.25) is 0 Å². The molecule has 3 heteroatoms. The van der Waals surface area contributed by atoms with Crippen molar-refractivity contribution >= 4 is 5.69 Å². The maximum absolute atomic E-state index is 9.94. The number of aliphatic hydroxyl groups excluding tert-OH is 1. The molecule has 1 N–H and O–H groups in total. The molecule has 3 nitrogen and oxygen atoms in total. The van der Waals surface area contributed by atoms with Crippen molar-refractivity contribution in [1.29, 1.82) is 0 Å². The largest absolute Gasteiger partial charge is 0.391 e. The lowest BCUT2D eigenvalue weighted by Gasteiger charge is -2.32. The molecule has 1 aromatic carbocycles. The number of hydrogen-bond donors (Lipinski definition) is 1. The molecule has 1 saturated heterocycles. The summed E-state index contributed by atoms with van der Waals surface area (Å²) in [5, 5.41) is 9.94. The molecule has 1 aliphatic heterocycles. The highest BCUT2D eigenvalue weighted by Gasteiger charge is 2.19. The first-order valence-electron chi connectivity index (χ1n) is 7.39. The Balaban J connectivity index is 2.01. The number of benzene rings is 1. The van der Waals surface area contributed by atoms with Gasteiger partial charge in [-0.3, -0.25) is 0 Å². The Morgan fingerprint density at radius 1 is 1.32 bits per heavy atom. The van der Waals surface area contributed by atoms with Crippen LogP contribution in [0.3, 0.4) is 0 Å². The molecule has 1 fully saturated rings. The highest BCUT2D eigenvalue weighted by molar-refractivity contribution is 5.46. The van der Waals surface area contributed by atoms with Gasteiger partial charge in [-0.2, -0.15) is 0 Å². The van der Waals surface area contributed by atoms with Gasteiger partial charge in [0.05, 0.1) is 12.2 Å². The van der Waals surface area contributed by atoms with Gasteiger partial charge in [0.15, 0.2) is 0 Å². The summed E-state index contributed by atoms with van der Waals surface area (Å²) in [5.74, 6) is 0. The van der Waals surface area contributed by atoms with Crippen LogP contribution in [0.1, 0.15) is 32.6 Å². The van der Waals surface area contributed by atoms with Gasteiger partial charge < -0.3 is 14.7 Å². The SMILES string of the molecule is CCC(O)CN(CC1CCCCO1)c1ccccc1. The molecule has 0 aromatic heterocycles. The zero-order valence-electron chi connectivity index (χ0n) is 11.8. The molecule has 1 aromatic rings. The van der Waals surface area contributed by atoms with Gasteiger partial charge in [-0.25, -0.2) is 0 Å². The molecule has 0 saturated carbocycles. The Labute approximate surface area is 116 Å². The molecule has 2 rings (SSSR count). The summed E-state index contributed by atoms with van der Waals surface area (Å²) < 4.78 is 5.82. The zero-order valence-corrected chi connectivity index (χ0v) is 11.8. The average Bonchev–Trinajstić information content (AvgIpc) is 2.48. The Hall–Kier alpha value is -1.06. The monoisotopic (exact) mass is 263 g/mol. The minimum absolute atomic E-state index is 0.274. The fraction of sp³-hybridized carbons (Fsp3) is 0.625. The van der Waals surface area contributed by atoms with E-state index in [4.69, 9.17) is 4.74 Å². The molecule has 1 aliphatic rings. The normalized spacial score (nSPS) is 21.1. The van der Waals surface area contributed by atoms with Crippen LogP contribution < -0.4 is 4.90 Å². The van der Waals surface area contributed by atoms with Crippen molar-refractivity contribution in [3.63, 3.8) is 0 Å². The Morgan fingerprint density at radius 3 is 2.74 bits per heavy atom. The maximum Gasteiger partial charge on any atom is 0.0749 e. The van der Waals surface area contributed by atoms with Gasteiger partial charge in [0, 0.05) is 25.4 Å². The molecule has 0 spiro atoms. The van der Waals surface area contributed by atoms with Crippen LogP contribution in [0.4, 0.5) is 5.69 Å². The minimum Gasteiger partial charge on any atom is -0.391 e. The van der Waals surface area contributed by atoms with E-state index in [1.807, 2.05) is 25.1 Å². The van der Waals surface area contributed by atoms with E-state index in [0.29, 0.717) is 12.6 Å². The number of hydrogen-bond acceptors (Lipinski definition) is 3. The summed E-state index contributed by atoms with van der Waals surface area (Å²) in [5.41, 5.74) is 1.17. The van der Waals surface area contributed by atoms with E-state index in [1.165, 1.54) is 18.5 Å². The molecule has 0 amide bonds. The van der Waals surface area contributed by atoms with Crippen molar-refractivity contribution in [3.8, 4) is 0 Å². The van der Waals surface area contributed by atoms with Gasteiger partial charge >= 0.3 is 0 Å². The maximum atomic E-state index is 9.94. The molecule has 2 unspecified atom stereocenters. The summed E-state index contributed by atoms with van der Waals surface area (Å²) in [6.07, 6.45) is 4.38. The standard InChI is InChI=1S/C16H25NO2/c1-2-15(18)12-17(14-8-4-3-5-9-14)13-16-10-6-7-11-19-16/h3-5,8-9,15-16,18H,2,6-7,10-13H2,1H3. The van der Waals surface area contributed by atoms with Crippen LogP contribution in [0, 0.1) is 0 Å². The molecule has 0 radical (unpaired) electrons. The fourth-order valence-electron chi connectivity index (χ4n) is 2.50. The first-order valence-corrected chi connectivity index (χ1v) is 7.39.